The summed E-state index contributed by atoms with van der Waals surface area (Å²) in [5.74, 6) is 0.829. The number of pyridine rings is 1. The van der Waals surface area contributed by atoms with E-state index in [0.717, 1.165) is 16.5 Å². The lowest BCUT2D eigenvalue weighted by atomic mass is 10.1. The van der Waals surface area contributed by atoms with Crippen molar-refractivity contribution < 1.29 is 5.11 Å². The van der Waals surface area contributed by atoms with Crippen molar-refractivity contribution >= 4 is 39.6 Å². The first-order chi connectivity index (χ1) is 9.63. The molecule has 0 atom stereocenters. The quantitative estimate of drug-likeness (QED) is 0.624. The second kappa shape index (κ2) is 4.90. The van der Waals surface area contributed by atoms with Crippen LogP contribution in [0.1, 0.15) is 0 Å². The molecule has 20 heavy (non-hydrogen) atoms. The van der Waals surface area contributed by atoms with Gasteiger partial charge in [0.25, 0.3) is 0 Å². The van der Waals surface area contributed by atoms with Crippen molar-refractivity contribution in [2.75, 3.05) is 11.1 Å². The summed E-state index contributed by atoms with van der Waals surface area (Å²) in [6, 6.07) is 12.2. The maximum absolute atomic E-state index is 9.49. The van der Waals surface area contributed by atoms with E-state index >= 15 is 0 Å². The first kappa shape index (κ1) is 12.6. The Morgan fingerprint density at radius 2 is 1.95 bits per heavy atom. The van der Waals surface area contributed by atoms with Crippen molar-refractivity contribution in [1.29, 1.82) is 0 Å². The van der Waals surface area contributed by atoms with E-state index in [2.05, 4.69) is 10.3 Å². The van der Waals surface area contributed by atoms with Gasteiger partial charge in [-0.2, -0.15) is 0 Å². The van der Waals surface area contributed by atoms with Gasteiger partial charge >= 0.3 is 0 Å². The summed E-state index contributed by atoms with van der Waals surface area (Å²) in [4.78, 5) is 4.31. The van der Waals surface area contributed by atoms with Crippen LogP contribution in [-0.4, -0.2) is 10.1 Å². The van der Waals surface area contributed by atoms with Crippen LogP contribution in [0, 0.1) is 0 Å². The molecule has 0 spiro atoms. The van der Waals surface area contributed by atoms with E-state index in [1.165, 1.54) is 0 Å². The molecule has 3 aromatic rings. The second-order valence-corrected chi connectivity index (χ2v) is 4.86. The van der Waals surface area contributed by atoms with Gasteiger partial charge in [0, 0.05) is 39.4 Å². The second-order valence-electron chi connectivity index (χ2n) is 4.43. The third-order valence-corrected chi connectivity index (χ3v) is 3.20. The van der Waals surface area contributed by atoms with Gasteiger partial charge in [-0.3, -0.25) is 0 Å². The number of aromatic hydroxyl groups is 1. The number of rotatable bonds is 2. The van der Waals surface area contributed by atoms with E-state index < -0.39 is 0 Å². The van der Waals surface area contributed by atoms with E-state index in [1.807, 2.05) is 18.2 Å². The Morgan fingerprint density at radius 3 is 2.75 bits per heavy atom. The number of halogens is 1. The molecule has 0 aliphatic rings. The molecule has 4 nitrogen and oxygen atoms in total. The summed E-state index contributed by atoms with van der Waals surface area (Å²) in [5.41, 5.74) is 7.31. The highest BCUT2D eigenvalue weighted by Crippen LogP contribution is 2.31. The van der Waals surface area contributed by atoms with Crippen LogP contribution < -0.4 is 11.1 Å². The van der Waals surface area contributed by atoms with Crippen LogP contribution in [0.25, 0.3) is 10.8 Å². The van der Waals surface area contributed by atoms with Gasteiger partial charge in [-0.1, -0.05) is 17.7 Å². The number of phenolic OH excluding ortho intramolecular Hbond substituents is 1. The van der Waals surface area contributed by atoms with E-state index in [4.69, 9.17) is 17.3 Å². The maximum atomic E-state index is 9.49. The summed E-state index contributed by atoms with van der Waals surface area (Å²) in [5, 5.41) is 14.9. The molecule has 0 aliphatic heterocycles. The van der Waals surface area contributed by atoms with Gasteiger partial charge in [-0.05, 0) is 30.3 Å². The molecule has 4 N–H and O–H groups in total. The lowest BCUT2D eigenvalue weighted by Crippen LogP contribution is -1.96. The van der Waals surface area contributed by atoms with Crippen LogP contribution in [0.5, 0.6) is 5.75 Å². The fourth-order valence-electron chi connectivity index (χ4n) is 2.10. The smallest absolute Gasteiger partial charge is 0.138 e. The Bertz CT molecular complexity index is 789. The molecule has 0 aliphatic carbocycles. The van der Waals surface area contributed by atoms with E-state index in [1.54, 1.807) is 30.5 Å². The lowest BCUT2D eigenvalue weighted by Gasteiger charge is -2.10. The average molecular weight is 286 g/mol. The van der Waals surface area contributed by atoms with Crippen LogP contribution in [0.2, 0.25) is 5.02 Å². The van der Waals surface area contributed by atoms with E-state index in [-0.39, 0.29) is 5.75 Å². The molecule has 1 heterocycles. The van der Waals surface area contributed by atoms with Gasteiger partial charge in [0.1, 0.15) is 11.6 Å². The van der Waals surface area contributed by atoms with Gasteiger partial charge < -0.3 is 16.2 Å². The Kier molecular flexibility index (Phi) is 3.08. The molecule has 3 rings (SSSR count). The molecule has 0 radical (unpaired) electrons. The Hall–Kier alpha value is -2.46. The molecule has 0 fully saturated rings. The average Bonchev–Trinajstić information content (AvgIpc) is 2.40. The number of hydrogen-bond donors (Lipinski definition) is 3. The van der Waals surface area contributed by atoms with Crippen molar-refractivity contribution in [3.63, 3.8) is 0 Å². The highest BCUT2D eigenvalue weighted by Gasteiger charge is 2.07. The lowest BCUT2D eigenvalue weighted by molar-refractivity contribution is 0.475. The molecule has 0 saturated heterocycles. The fourth-order valence-corrected chi connectivity index (χ4v) is 2.32. The van der Waals surface area contributed by atoms with Crippen LogP contribution in [-0.2, 0) is 0 Å². The summed E-state index contributed by atoms with van der Waals surface area (Å²) < 4.78 is 0. The van der Waals surface area contributed by atoms with E-state index in [0.29, 0.717) is 16.5 Å². The summed E-state index contributed by atoms with van der Waals surface area (Å²) in [7, 11) is 0. The molecule has 0 unspecified atom stereocenters. The highest BCUT2D eigenvalue weighted by molar-refractivity contribution is 6.32. The number of nitrogens with one attached hydrogen (secondary N) is 1. The number of nitrogens with two attached hydrogens (primary N) is 1. The van der Waals surface area contributed by atoms with Gasteiger partial charge in [0.05, 0.1) is 0 Å². The Balaban J connectivity index is 2.12. The zero-order valence-corrected chi connectivity index (χ0v) is 11.2. The molecule has 0 bridgehead atoms. The van der Waals surface area contributed by atoms with Crippen LogP contribution in [0.4, 0.5) is 17.2 Å². The van der Waals surface area contributed by atoms with Crippen molar-refractivity contribution in [2.45, 2.75) is 0 Å². The van der Waals surface area contributed by atoms with Crippen molar-refractivity contribution in [3.05, 3.63) is 53.7 Å². The molecule has 2 aromatic carbocycles. The van der Waals surface area contributed by atoms with Gasteiger partial charge in [0.2, 0.25) is 0 Å². The van der Waals surface area contributed by atoms with Gasteiger partial charge in [-0.25, -0.2) is 4.98 Å². The SMILES string of the molecule is Nc1cc(Cl)cc2c(Nc3cccc(O)c3)nccc12. The van der Waals surface area contributed by atoms with Crippen LogP contribution in [0.15, 0.2) is 48.7 Å². The van der Waals surface area contributed by atoms with Crippen molar-refractivity contribution in [3.8, 4) is 5.75 Å². The standard InChI is InChI=1S/C15H12ClN3O/c16-9-6-13-12(14(17)7-9)4-5-18-15(13)19-10-2-1-3-11(20)8-10/h1-8,20H,17H2,(H,18,19). The highest BCUT2D eigenvalue weighted by atomic mass is 35.5. The Labute approximate surface area is 120 Å². The number of nitrogens with zero attached hydrogens (tertiary/aromatic N) is 1. The zero-order chi connectivity index (χ0) is 14.1. The fraction of sp³-hybridized carbons (Fsp3) is 0. The number of fused-ring (bicyclic) bond motifs is 1. The van der Waals surface area contributed by atoms with Crippen LogP contribution in [0.3, 0.4) is 0 Å². The van der Waals surface area contributed by atoms with Gasteiger partial charge in [-0.15, -0.1) is 0 Å². The number of hydrogen-bond acceptors (Lipinski definition) is 4. The summed E-state index contributed by atoms with van der Waals surface area (Å²) in [6.07, 6.45) is 1.68. The number of phenols is 1. The molecule has 5 heteroatoms. The topological polar surface area (TPSA) is 71.2 Å². The largest absolute Gasteiger partial charge is 0.508 e. The molecule has 1 aromatic heterocycles. The molecular formula is C15H12ClN3O. The third-order valence-electron chi connectivity index (χ3n) is 2.99. The van der Waals surface area contributed by atoms with E-state index in [9.17, 15) is 5.11 Å². The number of anilines is 3. The third kappa shape index (κ3) is 2.33. The van der Waals surface area contributed by atoms with Crippen molar-refractivity contribution in [1.82, 2.24) is 4.98 Å². The first-order valence-electron chi connectivity index (χ1n) is 6.03. The summed E-state index contributed by atoms with van der Waals surface area (Å²) >= 11 is 6.05. The number of nitrogen functional groups attached to an aromatic ring is 1. The van der Waals surface area contributed by atoms with Crippen molar-refractivity contribution in [2.24, 2.45) is 0 Å². The Morgan fingerprint density at radius 1 is 1.10 bits per heavy atom. The predicted molar refractivity (Wildman–Crippen MR) is 82.6 cm³/mol. The first-order valence-corrected chi connectivity index (χ1v) is 6.41. The number of aromatic nitrogens is 1. The summed E-state index contributed by atoms with van der Waals surface area (Å²) in [6.45, 7) is 0. The molecule has 0 amide bonds. The predicted octanol–water partition coefficient (Wildman–Crippen LogP) is 3.92. The maximum Gasteiger partial charge on any atom is 0.138 e. The molecule has 100 valence electrons. The minimum atomic E-state index is 0.188. The molecule has 0 saturated carbocycles. The van der Waals surface area contributed by atoms with Gasteiger partial charge in [0.15, 0.2) is 0 Å². The zero-order valence-electron chi connectivity index (χ0n) is 10.5. The minimum Gasteiger partial charge on any atom is -0.508 e. The molecular weight excluding hydrogens is 274 g/mol. The normalized spacial score (nSPS) is 10.7. The minimum absolute atomic E-state index is 0.188. The monoisotopic (exact) mass is 285 g/mol. The van der Waals surface area contributed by atoms with Crippen LogP contribution >= 0.6 is 11.6 Å². The number of benzene rings is 2.